The zero-order valence-corrected chi connectivity index (χ0v) is 17.7. The molecule has 32 heavy (non-hydrogen) atoms. The molecule has 9 heteroatoms. The van der Waals surface area contributed by atoms with Crippen molar-refractivity contribution in [2.24, 2.45) is 0 Å². The summed E-state index contributed by atoms with van der Waals surface area (Å²) in [5.41, 5.74) is 0.152. The molecular weight excluding hydrogens is 483 g/mol. The predicted octanol–water partition coefficient (Wildman–Crippen LogP) is 5.35. The first-order chi connectivity index (χ1) is 15.3. The summed E-state index contributed by atoms with van der Waals surface area (Å²) in [7, 11) is 0. The van der Waals surface area contributed by atoms with Crippen LogP contribution in [0.15, 0.2) is 80.4 Å². The van der Waals surface area contributed by atoms with Crippen molar-refractivity contribution in [3.8, 4) is 0 Å². The number of fused-ring (bicyclic) bond motifs is 2. The monoisotopic (exact) mass is 494 g/mol. The second-order valence-corrected chi connectivity index (χ2v) is 8.14. The van der Waals surface area contributed by atoms with E-state index >= 15 is 0 Å². The van der Waals surface area contributed by atoms with E-state index in [1.165, 1.54) is 29.2 Å². The molecule has 1 aliphatic rings. The van der Waals surface area contributed by atoms with Crippen LogP contribution in [0.5, 0.6) is 0 Å². The van der Waals surface area contributed by atoms with Crippen LogP contribution >= 0.6 is 15.9 Å². The minimum absolute atomic E-state index is 0.00794. The minimum Gasteiger partial charge on any atom is -0.450 e. The van der Waals surface area contributed by atoms with E-state index in [4.69, 9.17) is 4.42 Å². The van der Waals surface area contributed by atoms with Crippen LogP contribution in [0.2, 0.25) is 0 Å². The van der Waals surface area contributed by atoms with Crippen molar-refractivity contribution in [2.75, 3.05) is 4.90 Å². The number of benzene rings is 3. The number of rotatable bonds is 3. The maximum absolute atomic E-state index is 13.9. The lowest BCUT2D eigenvalue weighted by Crippen LogP contribution is -2.29. The number of non-ortho nitro benzene ring substituents is 1. The molecule has 1 aliphatic heterocycles. The largest absolute Gasteiger partial charge is 0.450 e. The van der Waals surface area contributed by atoms with E-state index in [1.807, 2.05) is 0 Å². The summed E-state index contributed by atoms with van der Waals surface area (Å²) in [4.78, 5) is 39.0. The summed E-state index contributed by atoms with van der Waals surface area (Å²) in [5, 5.41) is 11.3. The van der Waals surface area contributed by atoms with Gasteiger partial charge >= 0.3 is 0 Å². The quantitative estimate of drug-likeness (QED) is 0.282. The third kappa shape index (κ3) is 3.09. The van der Waals surface area contributed by atoms with Crippen molar-refractivity contribution in [2.45, 2.75) is 6.04 Å². The van der Waals surface area contributed by atoms with Gasteiger partial charge in [0, 0.05) is 22.3 Å². The maximum atomic E-state index is 13.9. The lowest BCUT2D eigenvalue weighted by Gasteiger charge is -2.25. The summed E-state index contributed by atoms with van der Waals surface area (Å²) < 4.78 is 20.3. The second kappa shape index (κ2) is 7.38. The first-order valence-corrected chi connectivity index (χ1v) is 10.2. The summed E-state index contributed by atoms with van der Waals surface area (Å²) in [6.45, 7) is 0. The number of hydrogen-bond donors (Lipinski definition) is 0. The van der Waals surface area contributed by atoms with Gasteiger partial charge in [0.2, 0.25) is 5.76 Å². The van der Waals surface area contributed by atoms with E-state index in [2.05, 4.69) is 15.9 Å². The smallest absolute Gasteiger partial charge is 0.295 e. The van der Waals surface area contributed by atoms with E-state index in [0.29, 0.717) is 15.7 Å². The topological polar surface area (TPSA) is 93.7 Å². The number of anilines is 1. The maximum Gasteiger partial charge on any atom is 0.295 e. The number of nitro benzene ring substituents is 1. The summed E-state index contributed by atoms with van der Waals surface area (Å²) >= 11 is 3.38. The molecule has 2 heterocycles. The van der Waals surface area contributed by atoms with Gasteiger partial charge in [0.15, 0.2) is 5.43 Å². The lowest BCUT2D eigenvalue weighted by molar-refractivity contribution is -0.384. The van der Waals surface area contributed by atoms with Gasteiger partial charge < -0.3 is 4.42 Å². The fraction of sp³-hybridized carbons (Fsp3) is 0.0435. The lowest BCUT2D eigenvalue weighted by atomic mass is 9.97. The molecule has 0 spiro atoms. The van der Waals surface area contributed by atoms with Crippen LogP contribution in [0.3, 0.4) is 0 Å². The first kappa shape index (κ1) is 20.1. The van der Waals surface area contributed by atoms with Gasteiger partial charge in [-0.3, -0.25) is 24.6 Å². The molecule has 1 aromatic heterocycles. The number of hydrogen-bond acceptors (Lipinski definition) is 5. The molecule has 0 saturated carbocycles. The molecule has 1 amide bonds. The van der Waals surface area contributed by atoms with E-state index in [9.17, 15) is 24.1 Å². The average molecular weight is 495 g/mol. The van der Waals surface area contributed by atoms with E-state index in [1.54, 1.807) is 30.3 Å². The van der Waals surface area contributed by atoms with Gasteiger partial charge in [0.05, 0.1) is 21.9 Å². The summed E-state index contributed by atoms with van der Waals surface area (Å²) in [6.07, 6.45) is 0. The van der Waals surface area contributed by atoms with Gasteiger partial charge in [-0.2, -0.15) is 0 Å². The number of halogens is 2. The molecule has 7 nitrogen and oxygen atoms in total. The van der Waals surface area contributed by atoms with Crippen molar-refractivity contribution in [3.05, 3.63) is 114 Å². The van der Waals surface area contributed by atoms with Crippen molar-refractivity contribution in [1.82, 2.24) is 0 Å². The number of nitrogens with zero attached hydrogens (tertiary/aromatic N) is 2. The molecule has 0 radical (unpaired) electrons. The molecule has 0 N–H and O–H groups in total. The van der Waals surface area contributed by atoms with Crippen molar-refractivity contribution in [1.29, 1.82) is 0 Å². The average Bonchev–Trinajstić information content (AvgIpc) is 3.07. The van der Waals surface area contributed by atoms with Crippen molar-refractivity contribution in [3.63, 3.8) is 0 Å². The Labute approximate surface area is 188 Å². The zero-order valence-electron chi connectivity index (χ0n) is 16.1. The SMILES string of the molecule is O=C1c2oc3ccc(F)cc3c(=O)c2C(c2cccc([N+](=O)[O-])c2)N1c1cccc(Br)c1. The van der Waals surface area contributed by atoms with Gasteiger partial charge in [-0.05, 0) is 42.0 Å². The molecule has 0 bridgehead atoms. The molecule has 5 rings (SSSR count). The fourth-order valence-corrected chi connectivity index (χ4v) is 4.35. The Morgan fingerprint density at radius 2 is 1.81 bits per heavy atom. The molecule has 3 aromatic carbocycles. The third-order valence-corrected chi connectivity index (χ3v) is 5.81. The Morgan fingerprint density at radius 1 is 1.03 bits per heavy atom. The number of carbonyl (C=O) groups is 1. The Hall–Kier alpha value is -3.85. The van der Waals surface area contributed by atoms with E-state index in [-0.39, 0.29) is 28.0 Å². The highest BCUT2D eigenvalue weighted by Gasteiger charge is 2.44. The molecular formula is C23H12BrFN2O5. The molecule has 1 atom stereocenters. The van der Waals surface area contributed by atoms with Crippen LogP contribution in [0.25, 0.3) is 11.0 Å². The second-order valence-electron chi connectivity index (χ2n) is 7.22. The molecule has 0 aliphatic carbocycles. The molecule has 0 fully saturated rings. The zero-order chi connectivity index (χ0) is 22.6. The van der Waals surface area contributed by atoms with Crippen LogP contribution in [0.1, 0.15) is 27.7 Å². The van der Waals surface area contributed by atoms with Gasteiger partial charge in [0.25, 0.3) is 11.6 Å². The molecule has 1 unspecified atom stereocenters. The van der Waals surface area contributed by atoms with Gasteiger partial charge in [-0.25, -0.2) is 4.39 Å². The van der Waals surface area contributed by atoms with Crippen LogP contribution in [-0.4, -0.2) is 10.8 Å². The van der Waals surface area contributed by atoms with Gasteiger partial charge in [-0.1, -0.05) is 34.1 Å². The van der Waals surface area contributed by atoms with Crippen LogP contribution in [-0.2, 0) is 0 Å². The Balaban J connectivity index is 1.83. The van der Waals surface area contributed by atoms with Crippen molar-refractivity contribution >= 4 is 44.2 Å². The molecule has 4 aromatic rings. The van der Waals surface area contributed by atoms with Crippen molar-refractivity contribution < 1.29 is 18.5 Å². The number of carbonyl (C=O) groups excluding carboxylic acids is 1. The number of nitro groups is 1. The Bertz CT molecular complexity index is 1500. The van der Waals surface area contributed by atoms with Crippen LogP contribution in [0.4, 0.5) is 15.8 Å². The highest BCUT2D eigenvalue weighted by molar-refractivity contribution is 9.10. The molecule has 0 saturated heterocycles. The van der Waals surface area contributed by atoms with E-state index in [0.717, 1.165) is 12.1 Å². The normalized spacial score (nSPS) is 15.2. The third-order valence-electron chi connectivity index (χ3n) is 5.32. The first-order valence-electron chi connectivity index (χ1n) is 9.45. The standard InChI is InChI=1S/C23H12BrFN2O5/c24-13-4-2-5-15(10-13)26-20(12-3-1-6-16(9-12)27(30)31)19-21(28)17-11-14(25)7-8-18(17)32-22(19)23(26)29/h1-11,20H. The van der Waals surface area contributed by atoms with Gasteiger partial charge in [0.1, 0.15) is 11.4 Å². The highest BCUT2D eigenvalue weighted by atomic mass is 79.9. The van der Waals surface area contributed by atoms with Gasteiger partial charge in [-0.15, -0.1) is 0 Å². The fourth-order valence-electron chi connectivity index (χ4n) is 3.96. The number of amides is 1. The van der Waals surface area contributed by atoms with Crippen LogP contribution in [0, 0.1) is 15.9 Å². The predicted molar refractivity (Wildman–Crippen MR) is 118 cm³/mol. The Morgan fingerprint density at radius 3 is 2.56 bits per heavy atom. The molecule has 158 valence electrons. The summed E-state index contributed by atoms with van der Waals surface area (Å²) in [5.74, 6) is -1.37. The Kier molecular flexibility index (Phi) is 4.63. The van der Waals surface area contributed by atoms with E-state index < -0.39 is 28.1 Å². The van der Waals surface area contributed by atoms with Crippen LogP contribution < -0.4 is 10.3 Å². The summed E-state index contributed by atoms with van der Waals surface area (Å²) in [6, 6.07) is 15.1. The minimum atomic E-state index is -0.990. The highest BCUT2D eigenvalue weighted by Crippen LogP contribution is 2.42.